The highest BCUT2D eigenvalue weighted by atomic mass is 16.2. The molecule has 2 N–H and O–H groups in total. The number of likely N-dealkylation sites (tertiary alicyclic amines) is 1. The second kappa shape index (κ2) is 5.17. The predicted octanol–water partition coefficient (Wildman–Crippen LogP) is 1.12. The first-order valence-electron chi connectivity index (χ1n) is 7.15. The first-order valence-corrected chi connectivity index (χ1v) is 7.15. The molecule has 1 saturated carbocycles. The lowest BCUT2D eigenvalue weighted by Crippen LogP contribution is -2.47. The Morgan fingerprint density at radius 2 is 2.00 bits per heavy atom. The maximum Gasteiger partial charge on any atom is 0.234 e. The van der Waals surface area contributed by atoms with Gasteiger partial charge in [-0.1, -0.05) is 0 Å². The van der Waals surface area contributed by atoms with E-state index in [2.05, 4.69) is 22.5 Å². The molecule has 2 fully saturated rings. The van der Waals surface area contributed by atoms with Crippen LogP contribution in [0.15, 0.2) is 0 Å². The Morgan fingerprint density at radius 3 is 2.56 bits per heavy atom. The summed E-state index contributed by atoms with van der Waals surface area (Å²) in [4.78, 5) is 14.3. The van der Waals surface area contributed by atoms with Crippen molar-refractivity contribution in [2.75, 3.05) is 13.1 Å². The third kappa shape index (κ3) is 3.95. The van der Waals surface area contributed by atoms with Crippen LogP contribution in [0.2, 0.25) is 0 Å². The van der Waals surface area contributed by atoms with Crippen LogP contribution in [0.4, 0.5) is 0 Å². The number of nitrogens with zero attached hydrogens (tertiary/aromatic N) is 1. The van der Waals surface area contributed by atoms with Gasteiger partial charge < -0.3 is 10.6 Å². The number of rotatable bonds is 4. The molecule has 0 radical (unpaired) electrons. The van der Waals surface area contributed by atoms with Gasteiger partial charge >= 0.3 is 0 Å². The summed E-state index contributed by atoms with van der Waals surface area (Å²) in [6.45, 7) is 9.88. The molecule has 18 heavy (non-hydrogen) atoms. The van der Waals surface area contributed by atoms with E-state index in [4.69, 9.17) is 0 Å². The minimum absolute atomic E-state index is 0.0972. The highest BCUT2D eigenvalue weighted by Crippen LogP contribution is 2.33. The average molecular weight is 253 g/mol. The fourth-order valence-electron chi connectivity index (χ4n) is 2.82. The van der Waals surface area contributed by atoms with Crippen LogP contribution in [0.3, 0.4) is 0 Å². The summed E-state index contributed by atoms with van der Waals surface area (Å²) < 4.78 is 0. The molecule has 1 saturated heterocycles. The van der Waals surface area contributed by atoms with Crippen molar-refractivity contribution >= 4 is 5.91 Å². The summed E-state index contributed by atoms with van der Waals surface area (Å²) in [5.74, 6) is 0.0972. The predicted molar refractivity (Wildman–Crippen MR) is 73.5 cm³/mol. The first-order chi connectivity index (χ1) is 8.35. The number of amides is 1. The molecule has 0 bridgehead atoms. The van der Waals surface area contributed by atoms with Gasteiger partial charge in [0.15, 0.2) is 0 Å². The molecule has 1 aliphatic carbocycles. The van der Waals surface area contributed by atoms with Crippen LogP contribution in [-0.4, -0.2) is 47.6 Å². The fourth-order valence-corrected chi connectivity index (χ4v) is 2.82. The second-order valence-electron chi connectivity index (χ2n) is 6.89. The molecule has 0 spiro atoms. The van der Waals surface area contributed by atoms with Crippen LogP contribution in [-0.2, 0) is 4.79 Å². The normalized spacial score (nSPS) is 29.6. The van der Waals surface area contributed by atoms with E-state index < -0.39 is 0 Å². The van der Waals surface area contributed by atoms with Crippen molar-refractivity contribution < 1.29 is 4.79 Å². The van der Waals surface area contributed by atoms with Crippen LogP contribution >= 0.6 is 0 Å². The zero-order chi connectivity index (χ0) is 13.3. The van der Waals surface area contributed by atoms with E-state index in [1.54, 1.807) is 0 Å². The van der Waals surface area contributed by atoms with E-state index in [9.17, 15) is 4.79 Å². The molecule has 4 heteroatoms. The monoisotopic (exact) mass is 253 g/mol. The molecule has 1 aliphatic heterocycles. The van der Waals surface area contributed by atoms with E-state index in [1.165, 1.54) is 19.3 Å². The SMILES string of the molecule is CC1CC(NCC(=O)NC(C)(C)C)CN1C1CC1. The highest BCUT2D eigenvalue weighted by Gasteiger charge is 2.38. The Balaban J connectivity index is 1.70. The van der Waals surface area contributed by atoms with E-state index in [-0.39, 0.29) is 11.4 Å². The lowest BCUT2D eigenvalue weighted by Gasteiger charge is -2.22. The molecular weight excluding hydrogens is 226 g/mol. The standard InChI is InChI=1S/C14H27N3O/c1-10-7-11(9-17(10)12-5-6-12)15-8-13(18)16-14(2,3)4/h10-12,15H,5-9H2,1-4H3,(H,16,18). The molecule has 2 aliphatic rings. The van der Waals surface area contributed by atoms with Gasteiger partial charge in [-0.15, -0.1) is 0 Å². The Bertz CT molecular complexity index is 307. The van der Waals surface area contributed by atoms with Gasteiger partial charge in [-0.25, -0.2) is 0 Å². The molecule has 0 aromatic heterocycles. The van der Waals surface area contributed by atoms with Gasteiger partial charge in [0, 0.05) is 30.2 Å². The summed E-state index contributed by atoms with van der Waals surface area (Å²) in [5, 5.41) is 6.38. The molecule has 4 nitrogen and oxygen atoms in total. The molecule has 1 amide bonds. The maximum atomic E-state index is 11.7. The number of nitrogens with one attached hydrogen (secondary N) is 2. The summed E-state index contributed by atoms with van der Waals surface area (Å²) in [7, 11) is 0. The zero-order valence-corrected chi connectivity index (χ0v) is 12.1. The van der Waals surface area contributed by atoms with E-state index in [1.807, 2.05) is 20.8 Å². The number of carbonyl (C=O) groups is 1. The van der Waals surface area contributed by atoms with Gasteiger partial charge in [-0.3, -0.25) is 9.69 Å². The third-order valence-corrected chi connectivity index (χ3v) is 3.70. The summed E-state index contributed by atoms with van der Waals surface area (Å²) in [5.41, 5.74) is -0.137. The van der Waals surface area contributed by atoms with E-state index in [0.29, 0.717) is 18.6 Å². The third-order valence-electron chi connectivity index (χ3n) is 3.70. The quantitative estimate of drug-likeness (QED) is 0.789. The number of hydrogen-bond acceptors (Lipinski definition) is 3. The lowest BCUT2D eigenvalue weighted by atomic mass is 10.1. The fraction of sp³-hybridized carbons (Fsp3) is 0.929. The molecular formula is C14H27N3O. The smallest absolute Gasteiger partial charge is 0.234 e. The van der Waals surface area contributed by atoms with Crippen molar-refractivity contribution in [2.45, 2.75) is 70.6 Å². The van der Waals surface area contributed by atoms with Gasteiger partial charge in [-0.2, -0.15) is 0 Å². The van der Waals surface area contributed by atoms with Crippen molar-refractivity contribution in [1.29, 1.82) is 0 Å². The van der Waals surface area contributed by atoms with Crippen molar-refractivity contribution in [3.8, 4) is 0 Å². The van der Waals surface area contributed by atoms with E-state index in [0.717, 1.165) is 12.6 Å². The largest absolute Gasteiger partial charge is 0.350 e. The number of hydrogen-bond donors (Lipinski definition) is 2. The van der Waals surface area contributed by atoms with Crippen LogP contribution in [0.25, 0.3) is 0 Å². The molecule has 2 rings (SSSR count). The van der Waals surface area contributed by atoms with E-state index >= 15 is 0 Å². The number of carbonyl (C=O) groups excluding carboxylic acids is 1. The second-order valence-corrected chi connectivity index (χ2v) is 6.89. The van der Waals surface area contributed by atoms with Crippen molar-refractivity contribution in [2.24, 2.45) is 0 Å². The topological polar surface area (TPSA) is 44.4 Å². The van der Waals surface area contributed by atoms with Crippen LogP contribution in [0, 0.1) is 0 Å². The van der Waals surface area contributed by atoms with Gasteiger partial charge in [-0.05, 0) is 47.0 Å². The summed E-state index contributed by atoms with van der Waals surface area (Å²) >= 11 is 0. The van der Waals surface area contributed by atoms with Crippen LogP contribution in [0.5, 0.6) is 0 Å². The molecule has 2 atom stereocenters. The van der Waals surface area contributed by atoms with Crippen molar-refractivity contribution in [1.82, 2.24) is 15.5 Å². The summed E-state index contributed by atoms with van der Waals surface area (Å²) in [6.07, 6.45) is 3.89. The van der Waals surface area contributed by atoms with Gasteiger partial charge in [0.2, 0.25) is 5.91 Å². The Labute approximate surface area is 110 Å². The van der Waals surface area contributed by atoms with Crippen molar-refractivity contribution in [3.63, 3.8) is 0 Å². The van der Waals surface area contributed by atoms with Crippen LogP contribution in [0.1, 0.15) is 47.0 Å². The minimum atomic E-state index is -0.137. The summed E-state index contributed by atoms with van der Waals surface area (Å²) in [6, 6.07) is 1.97. The Hall–Kier alpha value is -0.610. The molecule has 104 valence electrons. The van der Waals surface area contributed by atoms with Crippen molar-refractivity contribution in [3.05, 3.63) is 0 Å². The molecule has 0 aromatic carbocycles. The Morgan fingerprint density at radius 1 is 1.33 bits per heavy atom. The highest BCUT2D eigenvalue weighted by molar-refractivity contribution is 5.78. The first kappa shape index (κ1) is 13.8. The minimum Gasteiger partial charge on any atom is -0.350 e. The van der Waals surface area contributed by atoms with Crippen LogP contribution < -0.4 is 10.6 Å². The average Bonchev–Trinajstić information content (AvgIpc) is 2.98. The lowest BCUT2D eigenvalue weighted by molar-refractivity contribution is -0.121. The van der Waals surface area contributed by atoms with Gasteiger partial charge in [0.1, 0.15) is 0 Å². The Kier molecular flexibility index (Phi) is 3.97. The molecule has 1 heterocycles. The molecule has 0 aromatic rings. The maximum absolute atomic E-state index is 11.7. The molecule has 2 unspecified atom stereocenters. The van der Waals surface area contributed by atoms with Gasteiger partial charge in [0.05, 0.1) is 6.54 Å². The van der Waals surface area contributed by atoms with Gasteiger partial charge in [0.25, 0.3) is 0 Å². The zero-order valence-electron chi connectivity index (χ0n) is 12.1.